The predicted molar refractivity (Wildman–Crippen MR) is 68.9 cm³/mol. The first kappa shape index (κ1) is 12.8. The summed E-state index contributed by atoms with van der Waals surface area (Å²) < 4.78 is 0. The van der Waals surface area contributed by atoms with Gasteiger partial charge in [0.2, 0.25) is 5.91 Å². The molecule has 2 aliphatic rings. The molecule has 1 unspecified atom stereocenters. The molecule has 2 fully saturated rings. The molecule has 0 aromatic rings. The highest BCUT2D eigenvalue weighted by Crippen LogP contribution is 2.15. The van der Waals surface area contributed by atoms with E-state index in [1.807, 2.05) is 0 Å². The Morgan fingerprint density at radius 2 is 2.24 bits per heavy atom. The monoisotopic (exact) mass is 239 g/mol. The van der Waals surface area contributed by atoms with Gasteiger partial charge in [0.25, 0.3) is 0 Å². The van der Waals surface area contributed by atoms with Crippen molar-refractivity contribution in [2.45, 2.75) is 51.1 Å². The van der Waals surface area contributed by atoms with E-state index in [-0.39, 0.29) is 11.9 Å². The van der Waals surface area contributed by atoms with E-state index in [0.29, 0.717) is 6.04 Å². The number of nitrogens with one attached hydrogen (secondary N) is 2. The van der Waals surface area contributed by atoms with Crippen LogP contribution in [0.2, 0.25) is 0 Å². The van der Waals surface area contributed by atoms with E-state index in [1.54, 1.807) is 0 Å². The Bertz CT molecular complexity index is 251. The van der Waals surface area contributed by atoms with Crippen LogP contribution in [0.1, 0.15) is 39.0 Å². The lowest BCUT2D eigenvalue weighted by Crippen LogP contribution is -2.49. The van der Waals surface area contributed by atoms with Gasteiger partial charge in [0.1, 0.15) is 0 Å². The minimum atomic E-state index is 0.0558. The van der Waals surface area contributed by atoms with Gasteiger partial charge in [-0.25, -0.2) is 0 Å². The second-order valence-electron chi connectivity index (χ2n) is 5.17. The summed E-state index contributed by atoms with van der Waals surface area (Å²) >= 11 is 0. The van der Waals surface area contributed by atoms with E-state index in [9.17, 15) is 4.79 Å². The Labute approximate surface area is 104 Å². The van der Waals surface area contributed by atoms with Crippen molar-refractivity contribution < 1.29 is 4.79 Å². The molecule has 2 rings (SSSR count). The highest BCUT2D eigenvalue weighted by molar-refractivity contribution is 5.81. The molecule has 2 heterocycles. The first-order valence-corrected chi connectivity index (χ1v) is 7.06. The molecule has 0 spiro atoms. The van der Waals surface area contributed by atoms with E-state index in [2.05, 4.69) is 22.5 Å². The van der Waals surface area contributed by atoms with Crippen LogP contribution >= 0.6 is 0 Å². The third kappa shape index (κ3) is 3.42. The molecular formula is C13H25N3O. The van der Waals surface area contributed by atoms with Crippen molar-refractivity contribution >= 4 is 5.91 Å². The Balaban J connectivity index is 1.71. The zero-order valence-electron chi connectivity index (χ0n) is 10.9. The molecule has 4 heteroatoms. The van der Waals surface area contributed by atoms with E-state index < -0.39 is 0 Å². The molecule has 17 heavy (non-hydrogen) atoms. The van der Waals surface area contributed by atoms with Crippen molar-refractivity contribution in [3.8, 4) is 0 Å². The number of likely N-dealkylation sites (N-methyl/N-ethyl adjacent to an activating group) is 1. The summed E-state index contributed by atoms with van der Waals surface area (Å²) in [5.41, 5.74) is 0. The van der Waals surface area contributed by atoms with Crippen LogP contribution in [0.25, 0.3) is 0 Å². The standard InChI is InChI=1S/C13H25N3O/c1-2-16-9-5-6-11(16)10-15-13(17)12-7-3-4-8-14-12/h11-12,14H,2-10H2,1H3,(H,15,17)/t11?,12-/m0/s1. The Morgan fingerprint density at radius 1 is 1.35 bits per heavy atom. The summed E-state index contributed by atoms with van der Waals surface area (Å²) in [6.45, 7) is 6.30. The number of carbonyl (C=O) groups excluding carboxylic acids is 1. The van der Waals surface area contributed by atoms with Gasteiger partial charge in [-0.3, -0.25) is 9.69 Å². The van der Waals surface area contributed by atoms with Gasteiger partial charge in [0.05, 0.1) is 6.04 Å². The average Bonchev–Trinajstić information content (AvgIpc) is 2.84. The maximum absolute atomic E-state index is 12.0. The van der Waals surface area contributed by atoms with Crippen LogP contribution in [0.15, 0.2) is 0 Å². The normalized spacial score (nSPS) is 30.4. The van der Waals surface area contributed by atoms with Gasteiger partial charge in [-0.15, -0.1) is 0 Å². The molecule has 0 saturated carbocycles. The minimum Gasteiger partial charge on any atom is -0.353 e. The van der Waals surface area contributed by atoms with Crippen LogP contribution in [-0.4, -0.2) is 49.1 Å². The second kappa shape index (κ2) is 6.36. The quantitative estimate of drug-likeness (QED) is 0.760. The first-order chi connectivity index (χ1) is 8.31. The Hall–Kier alpha value is -0.610. The topological polar surface area (TPSA) is 44.4 Å². The lowest BCUT2D eigenvalue weighted by Gasteiger charge is -2.26. The van der Waals surface area contributed by atoms with Crippen LogP contribution in [-0.2, 0) is 4.79 Å². The number of amides is 1. The Morgan fingerprint density at radius 3 is 2.94 bits per heavy atom. The van der Waals surface area contributed by atoms with Gasteiger partial charge in [-0.05, 0) is 45.3 Å². The van der Waals surface area contributed by atoms with E-state index >= 15 is 0 Å². The van der Waals surface area contributed by atoms with Crippen molar-refractivity contribution in [2.75, 3.05) is 26.2 Å². The van der Waals surface area contributed by atoms with E-state index in [1.165, 1.54) is 32.2 Å². The summed E-state index contributed by atoms with van der Waals surface area (Å²) in [6, 6.07) is 0.618. The molecule has 0 aromatic heterocycles. The van der Waals surface area contributed by atoms with Crippen molar-refractivity contribution in [1.82, 2.24) is 15.5 Å². The van der Waals surface area contributed by atoms with Gasteiger partial charge < -0.3 is 10.6 Å². The van der Waals surface area contributed by atoms with E-state index in [4.69, 9.17) is 0 Å². The number of nitrogens with zero attached hydrogens (tertiary/aromatic N) is 1. The molecule has 1 amide bonds. The third-order valence-electron chi connectivity index (χ3n) is 4.04. The smallest absolute Gasteiger partial charge is 0.237 e. The lowest BCUT2D eigenvalue weighted by molar-refractivity contribution is -0.123. The van der Waals surface area contributed by atoms with Crippen LogP contribution in [0.5, 0.6) is 0 Å². The van der Waals surface area contributed by atoms with Gasteiger partial charge in [-0.2, -0.15) is 0 Å². The summed E-state index contributed by atoms with van der Waals surface area (Å²) in [5.74, 6) is 0.202. The SMILES string of the molecule is CCN1CCCC1CNC(=O)[C@@H]1CCCCN1. The highest BCUT2D eigenvalue weighted by atomic mass is 16.2. The van der Waals surface area contributed by atoms with Gasteiger partial charge >= 0.3 is 0 Å². The predicted octanol–water partition coefficient (Wildman–Crippen LogP) is 0.729. The first-order valence-electron chi connectivity index (χ1n) is 7.06. The molecular weight excluding hydrogens is 214 g/mol. The van der Waals surface area contributed by atoms with Crippen LogP contribution < -0.4 is 10.6 Å². The van der Waals surface area contributed by atoms with Crippen molar-refractivity contribution in [2.24, 2.45) is 0 Å². The fraction of sp³-hybridized carbons (Fsp3) is 0.923. The number of likely N-dealkylation sites (tertiary alicyclic amines) is 1. The number of carbonyl (C=O) groups is 1. The number of hydrogen-bond donors (Lipinski definition) is 2. The molecule has 0 aliphatic carbocycles. The maximum Gasteiger partial charge on any atom is 0.237 e. The lowest BCUT2D eigenvalue weighted by atomic mass is 10.0. The van der Waals surface area contributed by atoms with Crippen molar-refractivity contribution in [1.29, 1.82) is 0 Å². The van der Waals surface area contributed by atoms with Crippen molar-refractivity contribution in [3.63, 3.8) is 0 Å². The van der Waals surface area contributed by atoms with Crippen LogP contribution in [0.3, 0.4) is 0 Å². The van der Waals surface area contributed by atoms with Gasteiger partial charge in [-0.1, -0.05) is 13.3 Å². The van der Waals surface area contributed by atoms with E-state index in [0.717, 1.165) is 26.1 Å². The summed E-state index contributed by atoms with van der Waals surface area (Å²) in [5, 5.41) is 6.41. The fourth-order valence-corrected chi connectivity index (χ4v) is 2.96. The molecule has 0 radical (unpaired) electrons. The second-order valence-corrected chi connectivity index (χ2v) is 5.17. The number of rotatable bonds is 4. The number of hydrogen-bond acceptors (Lipinski definition) is 3. The van der Waals surface area contributed by atoms with Gasteiger partial charge in [0.15, 0.2) is 0 Å². The average molecular weight is 239 g/mol. The summed E-state index contributed by atoms with van der Waals surface area (Å²) in [7, 11) is 0. The molecule has 2 atom stereocenters. The van der Waals surface area contributed by atoms with Gasteiger partial charge in [0, 0.05) is 12.6 Å². The molecule has 4 nitrogen and oxygen atoms in total. The molecule has 2 N–H and O–H groups in total. The summed E-state index contributed by atoms with van der Waals surface area (Å²) in [4.78, 5) is 14.4. The minimum absolute atomic E-state index is 0.0558. The zero-order valence-corrected chi connectivity index (χ0v) is 10.9. The third-order valence-corrected chi connectivity index (χ3v) is 4.04. The maximum atomic E-state index is 12.0. The fourth-order valence-electron chi connectivity index (χ4n) is 2.96. The highest BCUT2D eigenvalue weighted by Gasteiger charge is 2.25. The largest absolute Gasteiger partial charge is 0.353 e. The number of piperidine rings is 1. The molecule has 0 bridgehead atoms. The molecule has 2 saturated heterocycles. The van der Waals surface area contributed by atoms with Crippen LogP contribution in [0, 0.1) is 0 Å². The van der Waals surface area contributed by atoms with Crippen LogP contribution in [0.4, 0.5) is 0 Å². The zero-order chi connectivity index (χ0) is 12.1. The molecule has 2 aliphatic heterocycles. The summed E-state index contributed by atoms with van der Waals surface area (Å²) in [6.07, 6.45) is 5.88. The van der Waals surface area contributed by atoms with Crippen molar-refractivity contribution in [3.05, 3.63) is 0 Å². The molecule has 0 aromatic carbocycles. The molecule has 98 valence electrons. The Kier molecular flexibility index (Phi) is 4.80.